The summed E-state index contributed by atoms with van der Waals surface area (Å²) in [5, 5.41) is 6.51. The molecule has 0 unspecified atom stereocenters. The number of nitrogens with zero attached hydrogens (tertiary/aromatic N) is 2. The second kappa shape index (κ2) is 10.6. The van der Waals surface area contributed by atoms with Crippen molar-refractivity contribution in [2.75, 3.05) is 19.6 Å². The number of halogens is 1. The van der Waals surface area contributed by atoms with Crippen molar-refractivity contribution in [3.05, 3.63) is 71.0 Å². The van der Waals surface area contributed by atoms with Crippen LogP contribution in [-0.4, -0.2) is 36.4 Å². The highest BCUT2D eigenvalue weighted by atomic mass is 19.1. The quantitative estimate of drug-likeness (QED) is 0.532. The average Bonchev–Trinajstić information content (AvgIpc) is 3.13. The van der Waals surface area contributed by atoms with Gasteiger partial charge in [0.05, 0.1) is 6.54 Å². The molecule has 5 nitrogen and oxygen atoms in total. The SMILES string of the molecule is CCNC(=NCc1ccccc1CN1CCCC1=O)NCCc1ccccc1F. The Labute approximate surface area is 172 Å². The lowest BCUT2D eigenvalue weighted by Gasteiger charge is -2.18. The number of aliphatic imine (C=N–C) groups is 1. The summed E-state index contributed by atoms with van der Waals surface area (Å²) >= 11 is 0. The topological polar surface area (TPSA) is 56.7 Å². The first-order chi connectivity index (χ1) is 14.2. The molecule has 0 spiro atoms. The summed E-state index contributed by atoms with van der Waals surface area (Å²) < 4.78 is 13.8. The molecule has 0 atom stereocenters. The number of amides is 1. The van der Waals surface area contributed by atoms with Crippen LogP contribution in [0.2, 0.25) is 0 Å². The maximum absolute atomic E-state index is 13.8. The van der Waals surface area contributed by atoms with Crippen molar-refractivity contribution in [2.45, 2.75) is 39.3 Å². The average molecular weight is 397 g/mol. The smallest absolute Gasteiger partial charge is 0.222 e. The van der Waals surface area contributed by atoms with Crippen LogP contribution in [0.15, 0.2) is 53.5 Å². The summed E-state index contributed by atoms with van der Waals surface area (Å²) in [4.78, 5) is 18.6. The summed E-state index contributed by atoms with van der Waals surface area (Å²) in [6, 6.07) is 15.0. The van der Waals surface area contributed by atoms with Gasteiger partial charge in [-0.2, -0.15) is 0 Å². The van der Waals surface area contributed by atoms with Gasteiger partial charge in [0, 0.05) is 32.6 Å². The predicted octanol–water partition coefficient (Wildman–Crippen LogP) is 3.25. The number of likely N-dealkylation sites (tertiary alicyclic amines) is 1. The van der Waals surface area contributed by atoms with Gasteiger partial charge in [0.1, 0.15) is 5.82 Å². The van der Waals surface area contributed by atoms with Crippen molar-refractivity contribution < 1.29 is 9.18 Å². The summed E-state index contributed by atoms with van der Waals surface area (Å²) in [5.74, 6) is 0.754. The van der Waals surface area contributed by atoms with Gasteiger partial charge >= 0.3 is 0 Å². The number of hydrogen-bond donors (Lipinski definition) is 2. The maximum atomic E-state index is 13.8. The van der Waals surface area contributed by atoms with Gasteiger partial charge in [0.2, 0.25) is 5.91 Å². The Morgan fingerprint density at radius 1 is 1.07 bits per heavy atom. The molecule has 6 heteroatoms. The fourth-order valence-corrected chi connectivity index (χ4v) is 3.47. The fraction of sp³-hybridized carbons (Fsp3) is 0.391. The van der Waals surface area contributed by atoms with Gasteiger partial charge in [-0.25, -0.2) is 9.38 Å². The molecular formula is C23H29FN4O. The van der Waals surface area contributed by atoms with Crippen LogP contribution in [-0.2, 0) is 24.3 Å². The van der Waals surface area contributed by atoms with Crippen molar-refractivity contribution in [3.8, 4) is 0 Å². The molecule has 1 saturated heterocycles. The zero-order valence-corrected chi connectivity index (χ0v) is 17.0. The molecule has 0 aliphatic carbocycles. The zero-order valence-electron chi connectivity index (χ0n) is 17.0. The van der Waals surface area contributed by atoms with Gasteiger partial charge in [-0.05, 0) is 42.5 Å². The van der Waals surface area contributed by atoms with Crippen LogP contribution in [0, 0.1) is 5.82 Å². The molecule has 1 aliphatic heterocycles. The first-order valence-corrected chi connectivity index (χ1v) is 10.3. The van der Waals surface area contributed by atoms with Crippen molar-refractivity contribution in [1.82, 2.24) is 15.5 Å². The molecule has 29 heavy (non-hydrogen) atoms. The maximum Gasteiger partial charge on any atom is 0.222 e. The monoisotopic (exact) mass is 396 g/mol. The molecule has 0 saturated carbocycles. The van der Waals surface area contributed by atoms with Crippen LogP contribution in [0.3, 0.4) is 0 Å². The highest BCUT2D eigenvalue weighted by Crippen LogP contribution is 2.17. The highest BCUT2D eigenvalue weighted by molar-refractivity contribution is 5.80. The van der Waals surface area contributed by atoms with E-state index in [0.29, 0.717) is 44.0 Å². The van der Waals surface area contributed by atoms with E-state index in [1.165, 1.54) is 6.07 Å². The van der Waals surface area contributed by atoms with Gasteiger partial charge in [0.25, 0.3) is 0 Å². The summed E-state index contributed by atoms with van der Waals surface area (Å²) in [6.45, 7) is 5.35. The van der Waals surface area contributed by atoms with Crippen molar-refractivity contribution >= 4 is 11.9 Å². The van der Waals surface area contributed by atoms with Gasteiger partial charge in [0.15, 0.2) is 5.96 Å². The molecule has 2 aromatic carbocycles. The first-order valence-electron chi connectivity index (χ1n) is 10.3. The summed E-state index contributed by atoms with van der Waals surface area (Å²) in [6.07, 6.45) is 2.18. The Morgan fingerprint density at radius 3 is 2.48 bits per heavy atom. The standard InChI is InChI=1S/C23H29FN4O/c1-2-25-23(26-14-13-18-8-5-6-11-21(18)24)27-16-19-9-3-4-10-20(19)17-28-15-7-12-22(28)29/h3-6,8-11H,2,7,12-17H2,1H3,(H2,25,26,27). The molecule has 2 aromatic rings. The van der Waals surface area contributed by atoms with Gasteiger partial charge < -0.3 is 15.5 Å². The van der Waals surface area contributed by atoms with E-state index in [4.69, 9.17) is 0 Å². The minimum Gasteiger partial charge on any atom is -0.357 e. The van der Waals surface area contributed by atoms with Crippen molar-refractivity contribution in [1.29, 1.82) is 0 Å². The number of benzene rings is 2. The third-order valence-corrected chi connectivity index (χ3v) is 5.05. The third-order valence-electron chi connectivity index (χ3n) is 5.05. The molecular weight excluding hydrogens is 367 g/mol. The lowest BCUT2D eigenvalue weighted by molar-refractivity contribution is -0.128. The third kappa shape index (κ3) is 6.04. The number of carbonyl (C=O) groups excluding carboxylic acids is 1. The number of hydrogen-bond acceptors (Lipinski definition) is 2. The van der Waals surface area contributed by atoms with E-state index >= 15 is 0 Å². The lowest BCUT2D eigenvalue weighted by atomic mass is 10.1. The normalized spacial score (nSPS) is 14.3. The van der Waals surface area contributed by atoms with E-state index in [2.05, 4.69) is 27.8 Å². The molecule has 0 radical (unpaired) electrons. The number of guanidine groups is 1. The summed E-state index contributed by atoms with van der Waals surface area (Å²) in [5.41, 5.74) is 2.93. The van der Waals surface area contributed by atoms with E-state index < -0.39 is 0 Å². The Morgan fingerprint density at radius 2 is 1.79 bits per heavy atom. The van der Waals surface area contributed by atoms with E-state index in [0.717, 1.165) is 30.6 Å². The molecule has 0 aromatic heterocycles. The van der Waals surface area contributed by atoms with Crippen LogP contribution >= 0.6 is 0 Å². The predicted molar refractivity (Wildman–Crippen MR) is 114 cm³/mol. The Hall–Kier alpha value is -2.89. The Kier molecular flexibility index (Phi) is 7.61. The molecule has 2 N–H and O–H groups in total. The molecule has 1 aliphatic rings. The van der Waals surface area contributed by atoms with E-state index in [-0.39, 0.29) is 11.7 Å². The van der Waals surface area contributed by atoms with Gasteiger partial charge in [-0.15, -0.1) is 0 Å². The van der Waals surface area contributed by atoms with Crippen molar-refractivity contribution in [2.24, 2.45) is 4.99 Å². The fourth-order valence-electron chi connectivity index (χ4n) is 3.47. The van der Waals surface area contributed by atoms with Crippen LogP contribution in [0.1, 0.15) is 36.5 Å². The molecule has 3 rings (SSSR count). The summed E-state index contributed by atoms with van der Waals surface area (Å²) in [7, 11) is 0. The molecule has 1 heterocycles. The molecule has 0 bridgehead atoms. The zero-order chi connectivity index (χ0) is 20.5. The van der Waals surface area contributed by atoms with Crippen LogP contribution in [0.5, 0.6) is 0 Å². The van der Waals surface area contributed by atoms with E-state index in [9.17, 15) is 9.18 Å². The van der Waals surface area contributed by atoms with Crippen molar-refractivity contribution in [3.63, 3.8) is 0 Å². The van der Waals surface area contributed by atoms with Crippen LogP contribution < -0.4 is 10.6 Å². The van der Waals surface area contributed by atoms with Crippen LogP contribution in [0.25, 0.3) is 0 Å². The Balaban J connectivity index is 1.61. The van der Waals surface area contributed by atoms with Gasteiger partial charge in [-0.3, -0.25) is 4.79 Å². The minimum absolute atomic E-state index is 0.179. The van der Waals surface area contributed by atoms with E-state index in [1.54, 1.807) is 12.1 Å². The highest BCUT2D eigenvalue weighted by Gasteiger charge is 2.20. The van der Waals surface area contributed by atoms with Gasteiger partial charge in [-0.1, -0.05) is 42.5 Å². The number of carbonyl (C=O) groups is 1. The molecule has 1 amide bonds. The largest absolute Gasteiger partial charge is 0.357 e. The number of nitrogens with one attached hydrogen (secondary N) is 2. The number of rotatable bonds is 8. The molecule has 1 fully saturated rings. The molecule has 154 valence electrons. The minimum atomic E-state index is -0.179. The Bertz CT molecular complexity index is 852. The van der Waals surface area contributed by atoms with E-state index in [1.807, 2.05) is 30.0 Å². The lowest BCUT2D eigenvalue weighted by Crippen LogP contribution is -2.38. The second-order valence-electron chi connectivity index (χ2n) is 7.15. The second-order valence-corrected chi connectivity index (χ2v) is 7.15. The van der Waals surface area contributed by atoms with Crippen LogP contribution in [0.4, 0.5) is 4.39 Å². The first kappa shape index (κ1) is 20.8.